The van der Waals surface area contributed by atoms with Crippen molar-refractivity contribution in [2.75, 3.05) is 14.2 Å². The van der Waals surface area contributed by atoms with Crippen LogP contribution in [0.25, 0.3) is 0 Å². The molecule has 130 valence electrons. The number of rotatable bonds is 7. The summed E-state index contributed by atoms with van der Waals surface area (Å²) in [6, 6.07) is 4.17. The van der Waals surface area contributed by atoms with Crippen molar-refractivity contribution in [3.05, 3.63) is 52.3 Å². The number of nitrogens with zero attached hydrogens (tertiary/aromatic N) is 1. The number of unbranched alkanes of at least 4 members (excludes halogenated alkanes) is 1. The van der Waals surface area contributed by atoms with Crippen LogP contribution < -0.4 is 9.47 Å². The fourth-order valence-corrected chi connectivity index (χ4v) is 3.57. The third-order valence-corrected chi connectivity index (χ3v) is 4.92. The van der Waals surface area contributed by atoms with Crippen molar-refractivity contribution >= 4 is 0 Å². The largest absolute Gasteiger partial charge is 0.496 e. The maximum absolute atomic E-state index is 5.84. The van der Waals surface area contributed by atoms with Crippen LogP contribution in [0.15, 0.2) is 24.5 Å². The SMILES string of the molecule is CCCCC(c1cccnc1)c1c(C)c(OC)c(C)c(C)c1OC. The molecule has 0 aliphatic heterocycles. The first-order valence-corrected chi connectivity index (χ1v) is 8.68. The van der Waals surface area contributed by atoms with E-state index in [4.69, 9.17) is 9.47 Å². The van der Waals surface area contributed by atoms with Crippen LogP contribution in [0.3, 0.4) is 0 Å². The van der Waals surface area contributed by atoms with E-state index in [1.54, 1.807) is 14.2 Å². The Morgan fingerprint density at radius 3 is 2.21 bits per heavy atom. The Bertz CT molecular complexity index is 680. The van der Waals surface area contributed by atoms with Gasteiger partial charge in [0.15, 0.2) is 0 Å². The molecule has 0 fully saturated rings. The average molecular weight is 327 g/mol. The van der Waals surface area contributed by atoms with E-state index in [1.165, 1.54) is 23.1 Å². The molecule has 2 rings (SSSR count). The zero-order valence-electron chi connectivity index (χ0n) is 15.8. The highest BCUT2D eigenvalue weighted by Crippen LogP contribution is 2.44. The zero-order chi connectivity index (χ0) is 17.7. The Morgan fingerprint density at radius 2 is 1.67 bits per heavy atom. The molecule has 0 spiro atoms. The fraction of sp³-hybridized carbons (Fsp3) is 0.476. The Hall–Kier alpha value is -2.03. The molecule has 0 aliphatic rings. The normalized spacial score (nSPS) is 12.1. The summed E-state index contributed by atoms with van der Waals surface area (Å²) in [5.74, 6) is 2.21. The van der Waals surface area contributed by atoms with Gasteiger partial charge in [-0.05, 0) is 55.5 Å². The molecule has 0 aliphatic carbocycles. The second-order valence-corrected chi connectivity index (χ2v) is 6.34. The molecule has 3 heteroatoms. The number of ether oxygens (including phenoxy) is 2. The topological polar surface area (TPSA) is 31.4 Å². The predicted octanol–water partition coefficient (Wildman–Crippen LogP) is 5.35. The van der Waals surface area contributed by atoms with Crippen molar-refractivity contribution in [3.8, 4) is 11.5 Å². The summed E-state index contributed by atoms with van der Waals surface area (Å²) in [6.45, 7) is 8.57. The molecular weight excluding hydrogens is 298 g/mol. The lowest BCUT2D eigenvalue weighted by Gasteiger charge is -2.26. The summed E-state index contributed by atoms with van der Waals surface area (Å²) in [5.41, 5.74) is 5.94. The highest BCUT2D eigenvalue weighted by atomic mass is 16.5. The standard InChI is InChI=1S/C21H29NO2/c1-7-8-11-18(17-10-9-12-22-13-17)19-16(4)20(23-5)14(2)15(3)21(19)24-6/h9-10,12-13,18H,7-8,11H2,1-6H3. The number of hydrogen-bond donors (Lipinski definition) is 0. The summed E-state index contributed by atoms with van der Waals surface area (Å²) in [7, 11) is 3.51. The first kappa shape index (κ1) is 18.3. The molecule has 1 heterocycles. The Labute approximate surface area is 146 Å². The lowest BCUT2D eigenvalue weighted by atomic mass is 9.82. The quantitative estimate of drug-likeness (QED) is 0.687. The maximum atomic E-state index is 5.84. The van der Waals surface area contributed by atoms with Gasteiger partial charge in [-0.25, -0.2) is 0 Å². The van der Waals surface area contributed by atoms with Gasteiger partial charge >= 0.3 is 0 Å². The fourth-order valence-electron chi connectivity index (χ4n) is 3.57. The molecule has 1 unspecified atom stereocenters. The molecule has 0 saturated carbocycles. The maximum Gasteiger partial charge on any atom is 0.126 e. The molecule has 2 aromatic rings. The van der Waals surface area contributed by atoms with Gasteiger partial charge in [-0.1, -0.05) is 25.8 Å². The molecule has 1 atom stereocenters. The summed E-state index contributed by atoms with van der Waals surface area (Å²) in [4.78, 5) is 4.33. The molecule has 0 radical (unpaired) electrons. The second-order valence-electron chi connectivity index (χ2n) is 6.34. The van der Waals surface area contributed by atoms with Crippen molar-refractivity contribution in [1.82, 2.24) is 4.98 Å². The molecule has 0 N–H and O–H groups in total. The molecule has 24 heavy (non-hydrogen) atoms. The highest BCUT2D eigenvalue weighted by molar-refractivity contribution is 5.60. The first-order valence-electron chi connectivity index (χ1n) is 8.68. The molecule has 1 aromatic carbocycles. The number of pyridine rings is 1. The van der Waals surface area contributed by atoms with Gasteiger partial charge in [0.2, 0.25) is 0 Å². The van der Waals surface area contributed by atoms with Crippen molar-refractivity contribution in [3.63, 3.8) is 0 Å². The summed E-state index contributed by atoms with van der Waals surface area (Å²) < 4.78 is 11.6. The number of methoxy groups -OCH3 is 2. The van der Waals surface area contributed by atoms with E-state index in [1.807, 2.05) is 18.5 Å². The van der Waals surface area contributed by atoms with E-state index >= 15 is 0 Å². The van der Waals surface area contributed by atoms with Crippen LogP contribution in [0.2, 0.25) is 0 Å². The van der Waals surface area contributed by atoms with E-state index in [-0.39, 0.29) is 5.92 Å². The monoisotopic (exact) mass is 327 g/mol. The lowest BCUT2D eigenvalue weighted by molar-refractivity contribution is 0.387. The number of aromatic nitrogens is 1. The van der Waals surface area contributed by atoms with Crippen molar-refractivity contribution in [2.24, 2.45) is 0 Å². The van der Waals surface area contributed by atoms with Crippen LogP contribution in [-0.2, 0) is 0 Å². The van der Waals surface area contributed by atoms with Crippen LogP contribution in [0, 0.1) is 20.8 Å². The number of benzene rings is 1. The van der Waals surface area contributed by atoms with Crippen LogP contribution >= 0.6 is 0 Å². The van der Waals surface area contributed by atoms with Gasteiger partial charge < -0.3 is 9.47 Å². The Balaban J connectivity index is 2.71. The smallest absolute Gasteiger partial charge is 0.126 e. The zero-order valence-corrected chi connectivity index (χ0v) is 15.8. The molecule has 0 amide bonds. The van der Waals surface area contributed by atoms with Gasteiger partial charge in [0.05, 0.1) is 14.2 Å². The molecule has 3 nitrogen and oxygen atoms in total. The van der Waals surface area contributed by atoms with E-state index in [2.05, 4.69) is 38.7 Å². The summed E-state index contributed by atoms with van der Waals surface area (Å²) in [5, 5.41) is 0. The van der Waals surface area contributed by atoms with Crippen molar-refractivity contribution < 1.29 is 9.47 Å². The van der Waals surface area contributed by atoms with Gasteiger partial charge in [-0.15, -0.1) is 0 Å². The van der Waals surface area contributed by atoms with Crippen molar-refractivity contribution in [2.45, 2.75) is 52.9 Å². The predicted molar refractivity (Wildman–Crippen MR) is 99.4 cm³/mol. The Morgan fingerprint density at radius 1 is 1.00 bits per heavy atom. The van der Waals surface area contributed by atoms with Crippen LogP contribution in [0.5, 0.6) is 11.5 Å². The summed E-state index contributed by atoms with van der Waals surface area (Å²) in [6.07, 6.45) is 7.20. The van der Waals surface area contributed by atoms with Crippen LogP contribution in [0.1, 0.15) is 59.9 Å². The van der Waals surface area contributed by atoms with E-state index in [9.17, 15) is 0 Å². The number of hydrogen-bond acceptors (Lipinski definition) is 3. The van der Waals surface area contributed by atoms with Gasteiger partial charge in [-0.2, -0.15) is 0 Å². The van der Waals surface area contributed by atoms with Gasteiger partial charge in [0, 0.05) is 23.9 Å². The molecular formula is C21H29NO2. The van der Waals surface area contributed by atoms with E-state index in [0.29, 0.717) is 0 Å². The van der Waals surface area contributed by atoms with Crippen LogP contribution in [0.4, 0.5) is 0 Å². The third kappa shape index (κ3) is 3.40. The Kier molecular flexibility index (Phi) is 6.24. The first-order chi connectivity index (χ1) is 11.6. The van der Waals surface area contributed by atoms with Gasteiger partial charge in [0.25, 0.3) is 0 Å². The molecule has 0 saturated heterocycles. The molecule has 1 aromatic heterocycles. The lowest BCUT2D eigenvalue weighted by Crippen LogP contribution is -2.10. The second kappa shape index (κ2) is 8.18. The van der Waals surface area contributed by atoms with Gasteiger partial charge in [-0.3, -0.25) is 4.98 Å². The summed E-state index contributed by atoms with van der Waals surface area (Å²) >= 11 is 0. The van der Waals surface area contributed by atoms with Gasteiger partial charge in [0.1, 0.15) is 11.5 Å². The minimum atomic E-state index is 0.266. The van der Waals surface area contributed by atoms with E-state index in [0.717, 1.165) is 35.5 Å². The third-order valence-electron chi connectivity index (χ3n) is 4.92. The van der Waals surface area contributed by atoms with Crippen LogP contribution in [-0.4, -0.2) is 19.2 Å². The van der Waals surface area contributed by atoms with E-state index < -0.39 is 0 Å². The average Bonchev–Trinajstić information content (AvgIpc) is 2.61. The minimum absolute atomic E-state index is 0.266. The molecule has 0 bridgehead atoms. The highest BCUT2D eigenvalue weighted by Gasteiger charge is 2.26. The minimum Gasteiger partial charge on any atom is -0.496 e. The van der Waals surface area contributed by atoms with Crippen molar-refractivity contribution in [1.29, 1.82) is 0 Å².